The molecule has 1 amide bonds. The first kappa shape index (κ1) is 16.8. The van der Waals surface area contributed by atoms with Crippen molar-refractivity contribution < 1.29 is 4.79 Å². The Labute approximate surface area is 136 Å². The highest BCUT2D eigenvalue weighted by Crippen LogP contribution is 2.19. The predicted octanol–water partition coefficient (Wildman–Crippen LogP) is 2.55. The molecule has 1 aliphatic rings. The maximum absolute atomic E-state index is 12.4. The number of hydrogen-bond donors (Lipinski definition) is 3. The third kappa shape index (κ3) is 3.59. The Hall–Kier alpha value is -1.59. The second kappa shape index (κ2) is 7.11. The Morgan fingerprint density at radius 3 is 2.91 bits per heavy atom. The zero-order chi connectivity index (χ0) is 14.8. The van der Waals surface area contributed by atoms with E-state index in [-0.39, 0.29) is 30.3 Å². The highest BCUT2D eigenvalue weighted by molar-refractivity contribution is 5.85. The Kier molecular flexibility index (Phi) is 5.42. The molecular weight excluding hydrogens is 300 g/mol. The zero-order valence-corrected chi connectivity index (χ0v) is 13.7. The number of carbonyl (C=O) groups is 1. The van der Waals surface area contributed by atoms with E-state index in [1.54, 1.807) is 0 Å². The summed E-state index contributed by atoms with van der Waals surface area (Å²) in [5.74, 6) is 1.05. The number of piperidine rings is 1. The minimum absolute atomic E-state index is 0. The van der Waals surface area contributed by atoms with Crippen LogP contribution in [0.4, 0.5) is 0 Å². The standard InChI is InChI=1S/C16H22N4O.ClH/c1-10-9-12(7-8-17-10)16(21)18-11(2)15-19-13-5-3-4-6-14(13)20-15;/h3-6,10-12,17H,7-9H2,1-2H3,(H,18,21)(H,19,20);1H/t10-,11-,12-;/m0./s1. The topological polar surface area (TPSA) is 69.8 Å². The number of aromatic nitrogens is 2. The summed E-state index contributed by atoms with van der Waals surface area (Å²) < 4.78 is 0. The van der Waals surface area contributed by atoms with Crippen LogP contribution in [0.5, 0.6) is 0 Å². The third-order valence-corrected chi connectivity index (χ3v) is 4.17. The predicted molar refractivity (Wildman–Crippen MR) is 90.1 cm³/mol. The van der Waals surface area contributed by atoms with Gasteiger partial charge in [-0.05, 0) is 45.4 Å². The molecule has 6 heteroatoms. The van der Waals surface area contributed by atoms with Gasteiger partial charge < -0.3 is 15.6 Å². The van der Waals surface area contributed by atoms with Gasteiger partial charge in [0, 0.05) is 12.0 Å². The lowest BCUT2D eigenvalue weighted by atomic mass is 9.92. The van der Waals surface area contributed by atoms with Crippen molar-refractivity contribution >= 4 is 29.3 Å². The molecule has 3 N–H and O–H groups in total. The van der Waals surface area contributed by atoms with Crippen molar-refractivity contribution in [1.29, 1.82) is 0 Å². The number of para-hydroxylation sites is 2. The molecule has 3 rings (SSSR count). The van der Waals surface area contributed by atoms with Gasteiger partial charge in [0.05, 0.1) is 17.1 Å². The second-order valence-electron chi connectivity index (χ2n) is 5.95. The number of nitrogens with one attached hydrogen (secondary N) is 3. The average Bonchev–Trinajstić information content (AvgIpc) is 2.91. The van der Waals surface area contributed by atoms with Crippen molar-refractivity contribution in [2.75, 3.05) is 6.54 Å². The molecule has 1 saturated heterocycles. The smallest absolute Gasteiger partial charge is 0.223 e. The van der Waals surface area contributed by atoms with Gasteiger partial charge in [-0.1, -0.05) is 12.1 Å². The van der Waals surface area contributed by atoms with Gasteiger partial charge in [-0.3, -0.25) is 4.79 Å². The number of fused-ring (bicyclic) bond motifs is 1. The average molecular weight is 323 g/mol. The second-order valence-corrected chi connectivity index (χ2v) is 5.95. The largest absolute Gasteiger partial charge is 0.346 e. The molecule has 0 spiro atoms. The SMILES string of the molecule is C[C@H](NC(=O)[C@H]1CCN[C@@H](C)C1)c1nc2ccccc2[nH]1.Cl. The number of rotatable bonds is 3. The summed E-state index contributed by atoms with van der Waals surface area (Å²) >= 11 is 0. The molecule has 0 aliphatic carbocycles. The summed E-state index contributed by atoms with van der Waals surface area (Å²) in [7, 11) is 0. The summed E-state index contributed by atoms with van der Waals surface area (Å²) in [5, 5.41) is 6.46. The fourth-order valence-corrected chi connectivity index (χ4v) is 2.95. The maximum Gasteiger partial charge on any atom is 0.223 e. The molecule has 22 heavy (non-hydrogen) atoms. The van der Waals surface area contributed by atoms with Gasteiger partial charge in [0.25, 0.3) is 0 Å². The van der Waals surface area contributed by atoms with Gasteiger partial charge in [0.2, 0.25) is 5.91 Å². The molecule has 1 aromatic carbocycles. The van der Waals surface area contributed by atoms with Crippen molar-refractivity contribution in [1.82, 2.24) is 20.6 Å². The zero-order valence-electron chi connectivity index (χ0n) is 12.9. The number of H-pyrrole nitrogens is 1. The normalized spacial score (nSPS) is 22.8. The minimum atomic E-state index is -0.102. The van der Waals surface area contributed by atoms with Crippen LogP contribution in [0.15, 0.2) is 24.3 Å². The Morgan fingerprint density at radius 2 is 2.18 bits per heavy atom. The van der Waals surface area contributed by atoms with Crippen molar-refractivity contribution in [3.05, 3.63) is 30.1 Å². The van der Waals surface area contributed by atoms with E-state index in [0.717, 1.165) is 36.2 Å². The first-order chi connectivity index (χ1) is 10.1. The number of nitrogens with zero attached hydrogens (tertiary/aromatic N) is 1. The van der Waals surface area contributed by atoms with E-state index in [9.17, 15) is 4.79 Å². The van der Waals surface area contributed by atoms with Gasteiger partial charge in [0.15, 0.2) is 0 Å². The van der Waals surface area contributed by atoms with Crippen LogP contribution < -0.4 is 10.6 Å². The van der Waals surface area contributed by atoms with Gasteiger partial charge in [-0.25, -0.2) is 4.98 Å². The number of amides is 1. The van der Waals surface area contributed by atoms with E-state index in [2.05, 4.69) is 27.5 Å². The highest BCUT2D eigenvalue weighted by Gasteiger charge is 2.26. The van der Waals surface area contributed by atoms with Gasteiger partial charge in [-0.15, -0.1) is 12.4 Å². The number of hydrogen-bond acceptors (Lipinski definition) is 3. The molecule has 3 atom stereocenters. The van der Waals surface area contributed by atoms with Gasteiger partial charge >= 0.3 is 0 Å². The quantitative estimate of drug-likeness (QED) is 0.813. The molecule has 0 unspecified atom stereocenters. The molecule has 120 valence electrons. The lowest BCUT2D eigenvalue weighted by molar-refractivity contribution is -0.126. The number of aromatic amines is 1. The van der Waals surface area contributed by atoms with E-state index >= 15 is 0 Å². The van der Waals surface area contributed by atoms with Crippen LogP contribution in [-0.2, 0) is 4.79 Å². The fourth-order valence-electron chi connectivity index (χ4n) is 2.95. The Bertz CT molecular complexity index is 609. The summed E-state index contributed by atoms with van der Waals surface area (Å²) in [6.45, 7) is 5.01. The van der Waals surface area contributed by atoms with Crippen LogP contribution in [-0.4, -0.2) is 28.5 Å². The summed E-state index contributed by atoms with van der Waals surface area (Å²) in [6, 6.07) is 8.22. The Morgan fingerprint density at radius 1 is 1.41 bits per heavy atom. The van der Waals surface area contributed by atoms with E-state index in [4.69, 9.17) is 0 Å². The molecule has 1 fully saturated rings. The van der Waals surface area contributed by atoms with Crippen LogP contribution in [0, 0.1) is 5.92 Å². The molecule has 2 heterocycles. The van der Waals surface area contributed by atoms with Crippen molar-refractivity contribution in [3.8, 4) is 0 Å². The first-order valence-corrected chi connectivity index (χ1v) is 7.62. The van der Waals surface area contributed by atoms with Crippen LogP contribution in [0.1, 0.15) is 38.6 Å². The van der Waals surface area contributed by atoms with Crippen molar-refractivity contribution in [2.45, 2.75) is 38.8 Å². The number of benzene rings is 1. The van der Waals surface area contributed by atoms with E-state index in [1.165, 1.54) is 0 Å². The molecular formula is C16H23ClN4O. The van der Waals surface area contributed by atoms with E-state index in [0.29, 0.717) is 6.04 Å². The molecule has 0 bridgehead atoms. The lowest BCUT2D eigenvalue weighted by Crippen LogP contribution is -2.43. The fraction of sp³-hybridized carbons (Fsp3) is 0.500. The molecule has 0 saturated carbocycles. The van der Waals surface area contributed by atoms with E-state index in [1.807, 2.05) is 31.2 Å². The van der Waals surface area contributed by atoms with Crippen LogP contribution >= 0.6 is 12.4 Å². The third-order valence-electron chi connectivity index (χ3n) is 4.17. The molecule has 1 aliphatic heterocycles. The number of halogens is 1. The Balaban J connectivity index is 0.00000176. The van der Waals surface area contributed by atoms with Crippen LogP contribution in [0.2, 0.25) is 0 Å². The monoisotopic (exact) mass is 322 g/mol. The highest BCUT2D eigenvalue weighted by atomic mass is 35.5. The molecule has 2 aromatic rings. The molecule has 1 aromatic heterocycles. The summed E-state index contributed by atoms with van der Waals surface area (Å²) in [4.78, 5) is 20.2. The molecule has 5 nitrogen and oxygen atoms in total. The minimum Gasteiger partial charge on any atom is -0.346 e. The maximum atomic E-state index is 12.4. The van der Waals surface area contributed by atoms with Gasteiger partial charge in [-0.2, -0.15) is 0 Å². The van der Waals surface area contributed by atoms with Crippen molar-refractivity contribution in [2.24, 2.45) is 5.92 Å². The molecule has 0 radical (unpaired) electrons. The van der Waals surface area contributed by atoms with Crippen LogP contribution in [0.25, 0.3) is 11.0 Å². The van der Waals surface area contributed by atoms with Gasteiger partial charge in [0.1, 0.15) is 5.82 Å². The summed E-state index contributed by atoms with van der Waals surface area (Å²) in [5.41, 5.74) is 1.94. The van der Waals surface area contributed by atoms with E-state index < -0.39 is 0 Å². The summed E-state index contributed by atoms with van der Waals surface area (Å²) in [6.07, 6.45) is 1.81. The van der Waals surface area contributed by atoms with Crippen LogP contribution in [0.3, 0.4) is 0 Å². The van der Waals surface area contributed by atoms with Crippen molar-refractivity contribution in [3.63, 3.8) is 0 Å². The first-order valence-electron chi connectivity index (χ1n) is 7.62. The number of imidazole rings is 1. The number of carbonyl (C=O) groups excluding carboxylic acids is 1. The lowest BCUT2D eigenvalue weighted by Gasteiger charge is -2.28.